The van der Waals surface area contributed by atoms with Crippen molar-refractivity contribution in [2.45, 2.75) is 38.5 Å². The molecule has 0 aromatic heterocycles. The molecule has 0 unspecified atom stereocenters. The molecule has 0 N–H and O–H groups in total. The first-order valence-electron chi connectivity index (χ1n) is 8.39. The summed E-state index contributed by atoms with van der Waals surface area (Å²) in [5.41, 5.74) is 0.418. The zero-order valence-electron chi connectivity index (χ0n) is 14.1. The van der Waals surface area contributed by atoms with Crippen LogP contribution in [0, 0.1) is 5.82 Å². The van der Waals surface area contributed by atoms with E-state index < -0.39 is 15.8 Å². The lowest BCUT2D eigenvalue weighted by Gasteiger charge is -2.24. The first-order valence-corrected chi connectivity index (χ1v) is 10.2. The Bertz CT molecular complexity index is 638. The fourth-order valence-corrected chi connectivity index (χ4v) is 3.91. The monoisotopic (exact) mass is 356 g/mol. The van der Waals surface area contributed by atoms with E-state index in [0.29, 0.717) is 18.5 Å². The highest BCUT2D eigenvalue weighted by Crippen LogP contribution is 2.19. The van der Waals surface area contributed by atoms with E-state index >= 15 is 0 Å². The molecule has 1 heterocycles. The van der Waals surface area contributed by atoms with Crippen LogP contribution in [-0.2, 0) is 14.8 Å². The molecule has 0 atom stereocenters. The van der Waals surface area contributed by atoms with E-state index in [0.717, 1.165) is 45.0 Å². The van der Waals surface area contributed by atoms with Crippen LogP contribution in [-0.4, -0.2) is 45.1 Å². The van der Waals surface area contributed by atoms with Crippen LogP contribution in [0.2, 0.25) is 0 Å². The number of hydrogen-bond donors (Lipinski definition) is 0. The molecule has 0 spiro atoms. The van der Waals surface area contributed by atoms with Gasteiger partial charge in [-0.15, -0.1) is 0 Å². The van der Waals surface area contributed by atoms with Gasteiger partial charge in [-0.2, -0.15) is 0 Å². The summed E-state index contributed by atoms with van der Waals surface area (Å²) in [4.78, 5) is 14.2. The Kier molecular flexibility index (Phi) is 6.60. The van der Waals surface area contributed by atoms with Crippen LogP contribution in [0.5, 0.6) is 0 Å². The molecule has 1 saturated heterocycles. The average Bonchev–Trinajstić information content (AvgIpc) is 2.80. The normalized spacial score (nSPS) is 15.8. The van der Waals surface area contributed by atoms with Gasteiger partial charge in [0.15, 0.2) is 0 Å². The quantitative estimate of drug-likeness (QED) is 0.787. The first-order chi connectivity index (χ1) is 11.4. The number of anilines is 1. The summed E-state index contributed by atoms with van der Waals surface area (Å²) < 4.78 is 38.2. The topological polar surface area (TPSA) is 57.7 Å². The lowest BCUT2D eigenvalue weighted by Crippen LogP contribution is -2.34. The van der Waals surface area contributed by atoms with Gasteiger partial charge in [0.05, 0.1) is 11.9 Å². The first kappa shape index (κ1) is 18.7. The Morgan fingerprint density at radius 2 is 1.71 bits per heavy atom. The molecule has 24 heavy (non-hydrogen) atoms. The number of benzene rings is 1. The van der Waals surface area contributed by atoms with Gasteiger partial charge in [0, 0.05) is 26.1 Å². The second-order valence-electron chi connectivity index (χ2n) is 6.21. The predicted molar refractivity (Wildman–Crippen MR) is 92.9 cm³/mol. The zero-order chi connectivity index (χ0) is 17.6. The van der Waals surface area contributed by atoms with Crippen molar-refractivity contribution in [3.05, 3.63) is 30.1 Å². The summed E-state index contributed by atoms with van der Waals surface area (Å²) in [6.45, 7) is 1.81. The maximum atomic E-state index is 13.0. The van der Waals surface area contributed by atoms with E-state index in [1.807, 2.05) is 4.90 Å². The molecule has 0 radical (unpaired) electrons. The minimum atomic E-state index is -3.47. The van der Waals surface area contributed by atoms with Gasteiger partial charge in [0.2, 0.25) is 15.9 Å². The van der Waals surface area contributed by atoms with Gasteiger partial charge >= 0.3 is 0 Å². The van der Waals surface area contributed by atoms with Crippen molar-refractivity contribution < 1.29 is 17.6 Å². The molecule has 0 saturated carbocycles. The molecule has 1 fully saturated rings. The van der Waals surface area contributed by atoms with Gasteiger partial charge < -0.3 is 4.90 Å². The highest BCUT2D eigenvalue weighted by Gasteiger charge is 2.19. The molecule has 7 heteroatoms. The number of sulfonamides is 1. The van der Waals surface area contributed by atoms with Gasteiger partial charge in [-0.05, 0) is 43.5 Å². The fraction of sp³-hybridized carbons (Fsp3) is 0.588. The van der Waals surface area contributed by atoms with Crippen LogP contribution >= 0.6 is 0 Å². The Balaban J connectivity index is 1.93. The van der Waals surface area contributed by atoms with Gasteiger partial charge in [-0.25, -0.2) is 12.8 Å². The third kappa shape index (κ3) is 5.47. The lowest BCUT2D eigenvalue weighted by molar-refractivity contribution is -0.131. The molecule has 1 aromatic carbocycles. The van der Waals surface area contributed by atoms with Crippen molar-refractivity contribution >= 4 is 21.6 Å². The maximum absolute atomic E-state index is 13.0. The van der Waals surface area contributed by atoms with Crippen LogP contribution in [0.1, 0.15) is 38.5 Å². The molecule has 0 bridgehead atoms. The van der Waals surface area contributed by atoms with Crippen molar-refractivity contribution in [2.24, 2.45) is 0 Å². The van der Waals surface area contributed by atoms with E-state index in [1.165, 1.54) is 28.6 Å². The fourth-order valence-electron chi connectivity index (χ4n) is 2.95. The highest BCUT2D eigenvalue weighted by atomic mass is 32.2. The number of hydrogen-bond acceptors (Lipinski definition) is 3. The van der Waals surface area contributed by atoms with Crippen molar-refractivity contribution in [1.29, 1.82) is 0 Å². The molecule has 1 amide bonds. The predicted octanol–water partition coefficient (Wildman–Crippen LogP) is 2.77. The van der Waals surface area contributed by atoms with Crippen molar-refractivity contribution in [1.82, 2.24) is 4.90 Å². The summed E-state index contributed by atoms with van der Waals surface area (Å²) >= 11 is 0. The van der Waals surface area contributed by atoms with Crippen molar-refractivity contribution in [2.75, 3.05) is 30.2 Å². The molecular formula is C17H25FN2O3S. The number of likely N-dealkylation sites (tertiary alicyclic amines) is 1. The summed E-state index contributed by atoms with van der Waals surface area (Å²) in [7, 11) is -3.47. The SMILES string of the molecule is CS(=O)(=O)N(CCCC(=O)N1CCCCCC1)c1ccc(F)cc1. The van der Waals surface area contributed by atoms with E-state index in [1.54, 1.807) is 0 Å². The Hall–Kier alpha value is -1.63. The second-order valence-corrected chi connectivity index (χ2v) is 8.12. The van der Waals surface area contributed by atoms with Crippen LogP contribution in [0.25, 0.3) is 0 Å². The van der Waals surface area contributed by atoms with E-state index in [4.69, 9.17) is 0 Å². The highest BCUT2D eigenvalue weighted by molar-refractivity contribution is 7.92. The molecule has 1 aromatic rings. The molecular weight excluding hydrogens is 331 g/mol. The van der Waals surface area contributed by atoms with Gasteiger partial charge in [0.1, 0.15) is 5.82 Å². The number of rotatable bonds is 6. The Labute approximate surface area is 143 Å². The smallest absolute Gasteiger partial charge is 0.232 e. The van der Waals surface area contributed by atoms with Gasteiger partial charge in [-0.1, -0.05) is 12.8 Å². The molecule has 0 aliphatic carbocycles. The summed E-state index contributed by atoms with van der Waals surface area (Å²) in [6.07, 6.45) is 6.29. The Morgan fingerprint density at radius 3 is 2.25 bits per heavy atom. The number of halogens is 1. The number of carbonyl (C=O) groups is 1. The van der Waals surface area contributed by atoms with Crippen molar-refractivity contribution in [3.63, 3.8) is 0 Å². The van der Waals surface area contributed by atoms with Gasteiger partial charge in [0.25, 0.3) is 0 Å². The standard InChI is InChI=1S/C17H25FN2O3S/c1-24(22,23)20(16-10-8-15(18)9-11-16)14-6-7-17(21)19-12-4-2-3-5-13-19/h8-11H,2-7,12-14H2,1H3. The minimum absolute atomic E-state index is 0.0875. The average molecular weight is 356 g/mol. The summed E-state index contributed by atoms with van der Waals surface area (Å²) in [6, 6.07) is 5.34. The molecule has 1 aliphatic rings. The van der Waals surface area contributed by atoms with E-state index in [9.17, 15) is 17.6 Å². The molecule has 134 valence electrons. The second kappa shape index (κ2) is 8.46. The third-order valence-electron chi connectivity index (χ3n) is 4.23. The van der Waals surface area contributed by atoms with E-state index in [2.05, 4.69) is 0 Å². The molecule has 5 nitrogen and oxygen atoms in total. The Morgan fingerprint density at radius 1 is 1.12 bits per heavy atom. The van der Waals surface area contributed by atoms with Gasteiger partial charge in [-0.3, -0.25) is 9.10 Å². The van der Waals surface area contributed by atoms with Crippen LogP contribution in [0.15, 0.2) is 24.3 Å². The van der Waals surface area contributed by atoms with Crippen molar-refractivity contribution in [3.8, 4) is 0 Å². The van der Waals surface area contributed by atoms with E-state index in [-0.39, 0.29) is 12.5 Å². The lowest BCUT2D eigenvalue weighted by atomic mass is 10.2. The van der Waals surface area contributed by atoms with Crippen LogP contribution in [0.3, 0.4) is 0 Å². The van der Waals surface area contributed by atoms with Crippen LogP contribution < -0.4 is 4.31 Å². The molecule has 2 rings (SSSR count). The maximum Gasteiger partial charge on any atom is 0.232 e. The number of amides is 1. The molecule has 1 aliphatic heterocycles. The number of carbonyl (C=O) groups excluding carboxylic acids is 1. The third-order valence-corrected chi connectivity index (χ3v) is 5.42. The zero-order valence-corrected chi connectivity index (χ0v) is 14.9. The largest absolute Gasteiger partial charge is 0.343 e. The summed E-state index contributed by atoms with van der Waals surface area (Å²) in [5.74, 6) is -0.326. The summed E-state index contributed by atoms with van der Waals surface area (Å²) in [5, 5.41) is 0. The van der Waals surface area contributed by atoms with Crippen LogP contribution in [0.4, 0.5) is 10.1 Å². The minimum Gasteiger partial charge on any atom is -0.343 e. The number of nitrogens with zero attached hydrogens (tertiary/aromatic N) is 2.